The topological polar surface area (TPSA) is 63.7 Å². The summed E-state index contributed by atoms with van der Waals surface area (Å²) in [6, 6.07) is 8.19. The molecular weight excluding hydrogens is 294 g/mol. The van der Waals surface area contributed by atoms with Crippen molar-refractivity contribution in [2.24, 2.45) is 5.92 Å². The third kappa shape index (κ3) is 3.18. The molecule has 0 aromatic heterocycles. The Bertz CT molecular complexity index is 638. The van der Waals surface area contributed by atoms with Gasteiger partial charge in [-0.05, 0) is 19.4 Å². The number of hydrogen-bond acceptors (Lipinski definition) is 4. The summed E-state index contributed by atoms with van der Waals surface area (Å²) < 4.78 is 4.87. The van der Waals surface area contributed by atoms with E-state index in [0.717, 1.165) is 5.56 Å². The van der Waals surface area contributed by atoms with Gasteiger partial charge < -0.3 is 9.64 Å². The van der Waals surface area contributed by atoms with Gasteiger partial charge in [0.25, 0.3) is 0 Å². The van der Waals surface area contributed by atoms with Crippen molar-refractivity contribution in [1.82, 2.24) is 4.90 Å². The average Bonchev–Trinajstić information content (AvgIpc) is 2.51. The molecule has 0 bridgehead atoms. The van der Waals surface area contributed by atoms with E-state index in [0.29, 0.717) is 12.0 Å². The van der Waals surface area contributed by atoms with Gasteiger partial charge in [-0.2, -0.15) is 0 Å². The van der Waals surface area contributed by atoms with E-state index in [1.807, 2.05) is 30.3 Å². The van der Waals surface area contributed by atoms with Crippen LogP contribution in [-0.2, 0) is 25.5 Å². The smallest absolute Gasteiger partial charge is 0.328 e. The Balaban J connectivity index is 2.32. The normalized spacial score (nSPS) is 21.3. The van der Waals surface area contributed by atoms with Crippen molar-refractivity contribution in [1.29, 1.82) is 0 Å². The van der Waals surface area contributed by atoms with Gasteiger partial charge in [0.2, 0.25) is 5.91 Å². The number of nitrogens with zero attached hydrogens (tertiary/aromatic N) is 1. The van der Waals surface area contributed by atoms with Crippen LogP contribution in [0.2, 0.25) is 0 Å². The van der Waals surface area contributed by atoms with Gasteiger partial charge >= 0.3 is 5.97 Å². The summed E-state index contributed by atoms with van der Waals surface area (Å²) in [5.74, 6) is -1.77. The van der Waals surface area contributed by atoms with E-state index in [4.69, 9.17) is 4.74 Å². The lowest BCUT2D eigenvalue weighted by molar-refractivity contribution is -0.171. The van der Waals surface area contributed by atoms with E-state index in [1.165, 1.54) is 18.9 Å². The lowest BCUT2D eigenvalue weighted by atomic mass is 9.78. The van der Waals surface area contributed by atoms with Crippen molar-refractivity contribution in [3.63, 3.8) is 0 Å². The predicted octanol–water partition coefficient (Wildman–Crippen LogP) is 1.76. The lowest BCUT2D eigenvalue weighted by Crippen LogP contribution is -2.68. The number of likely N-dealkylation sites (tertiary alicyclic amines) is 1. The summed E-state index contributed by atoms with van der Waals surface area (Å²) in [4.78, 5) is 37.8. The van der Waals surface area contributed by atoms with Crippen LogP contribution >= 0.6 is 0 Å². The molecule has 23 heavy (non-hydrogen) atoms. The molecule has 1 heterocycles. The Kier molecular flexibility index (Phi) is 4.98. The van der Waals surface area contributed by atoms with Crippen LogP contribution in [0.3, 0.4) is 0 Å². The number of ether oxygens (including phenoxy) is 1. The Morgan fingerprint density at radius 2 is 1.87 bits per heavy atom. The molecule has 0 saturated carbocycles. The lowest BCUT2D eigenvalue weighted by Gasteiger charge is -2.49. The molecule has 0 N–H and O–H groups in total. The summed E-state index contributed by atoms with van der Waals surface area (Å²) in [6.45, 7) is 7.02. The van der Waals surface area contributed by atoms with Crippen molar-refractivity contribution in [3.05, 3.63) is 48.0 Å². The Morgan fingerprint density at radius 3 is 2.35 bits per heavy atom. The first-order chi connectivity index (χ1) is 10.9. The van der Waals surface area contributed by atoms with Crippen LogP contribution in [0.25, 0.3) is 0 Å². The van der Waals surface area contributed by atoms with Crippen LogP contribution in [0.15, 0.2) is 42.5 Å². The molecule has 1 saturated heterocycles. The number of carbonyl (C=O) groups excluding carboxylic acids is 3. The number of carbonyl (C=O) groups is 3. The molecule has 1 fully saturated rings. The minimum atomic E-state index is -0.757. The van der Waals surface area contributed by atoms with E-state index in [1.54, 1.807) is 6.92 Å². The highest BCUT2D eigenvalue weighted by Gasteiger charge is 2.54. The number of ketones is 1. The summed E-state index contributed by atoms with van der Waals surface area (Å²) in [6.07, 6.45) is 0.341. The fourth-order valence-electron chi connectivity index (χ4n) is 3.05. The maximum Gasteiger partial charge on any atom is 0.328 e. The van der Waals surface area contributed by atoms with E-state index < -0.39 is 24.0 Å². The van der Waals surface area contributed by atoms with Crippen LogP contribution in [0, 0.1) is 5.92 Å². The number of β-lactam (4-membered cyclic amide) rings is 1. The molecule has 1 aromatic rings. The molecule has 0 radical (unpaired) electrons. The first-order valence-electron chi connectivity index (χ1n) is 7.48. The molecule has 1 aromatic carbocycles. The molecule has 1 unspecified atom stereocenters. The van der Waals surface area contributed by atoms with Crippen LogP contribution in [0.4, 0.5) is 0 Å². The first kappa shape index (κ1) is 16.9. The van der Waals surface area contributed by atoms with Gasteiger partial charge in [0.15, 0.2) is 0 Å². The van der Waals surface area contributed by atoms with Crippen molar-refractivity contribution < 1.29 is 19.1 Å². The number of rotatable bonds is 6. The van der Waals surface area contributed by atoms with Crippen LogP contribution in [0.5, 0.6) is 0 Å². The molecule has 1 aliphatic heterocycles. The highest BCUT2D eigenvalue weighted by molar-refractivity contribution is 6.07. The van der Waals surface area contributed by atoms with Gasteiger partial charge in [0.05, 0.1) is 13.2 Å². The standard InChI is InChI=1S/C18H21NO4/c1-11(2)16-15(12(3)20)17(21)19(16)14(18(22)23-4)10-13-8-6-5-7-9-13/h5-9,14-16H,1,10H2,2-4H3/t14?,15-,16-/m0/s1. The number of amides is 1. The second-order valence-electron chi connectivity index (χ2n) is 5.85. The number of esters is 1. The monoisotopic (exact) mass is 315 g/mol. The highest BCUT2D eigenvalue weighted by atomic mass is 16.5. The maximum atomic E-state index is 12.4. The molecule has 1 aliphatic rings. The summed E-state index contributed by atoms with van der Waals surface area (Å²) in [5, 5.41) is 0. The molecule has 0 aliphatic carbocycles. The van der Waals surface area contributed by atoms with Crippen molar-refractivity contribution in [2.45, 2.75) is 32.4 Å². The number of benzene rings is 1. The second-order valence-corrected chi connectivity index (χ2v) is 5.85. The second kappa shape index (κ2) is 6.77. The molecule has 5 nitrogen and oxygen atoms in total. The summed E-state index contributed by atoms with van der Waals surface area (Å²) >= 11 is 0. The van der Waals surface area contributed by atoms with Gasteiger partial charge in [0, 0.05) is 6.42 Å². The van der Waals surface area contributed by atoms with Crippen molar-refractivity contribution in [3.8, 4) is 0 Å². The van der Waals surface area contributed by atoms with E-state index in [-0.39, 0.29) is 11.7 Å². The van der Waals surface area contributed by atoms with Crippen LogP contribution in [0.1, 0.15) is 19.4 Å². The largest absolute Gasteiger partial charge is 0.467 e. The molecule has 0 spiro atoms. The van der Waals surface area contributed by atoms with Gasteiger partial charge in [-0.1, -0.05) is 42.5 Å². The third-order valence-corrected chi connectivity index (χ3v) is 4.16. The SMILES string of the molecule is C=C(C)[C@H]1[C@H](C(C)=O)C(=O)N1C(Cc1ccccc1)C(=O)OC. The summed E-state index contributed by atoms with van der Waals surface area (Å²) in [7, 11) is 1.29. The van der Waals surface area contributed by atoms with Gasteiger partial charge in [0.1, 0.15) is 17.7 Å². The Morgan fingerprint density at radius 1 is 1.26 bits per heavy atom. The highest BCUT2D eigenvalue weighted by Crippen LogP contribution is 2.35. The summed E-state index contributed by atoms with van der Waals surface area (Å²) in [5.41, 5.74) is 1.61. The third-order valence-electron chi connectivity index (χ3n) is 4.16. The number of hydrogen-bond donors (Lipinski definition) is 0. The molecule has 122 valence electrons. The quantitative estimate of drug-likeness (QED) is 0.347. The van der Waals surface area contributed by atoms with Crippen molar-refractivity contribution in [2.75, 3.05) is 7.11 Å². The van der Waals surface area contributed by atoms with Gasteiger partial charge in [-0.3, -0.25) is 9.59 Å². The fraction of sp³-hybridized carbons (Fsp3) is 0.389. The number of Topliss-reactive ketones (excluding diaryl/α,β-unsaturated/α-hetero) is 1. The maximum absolute atomic E-state index is 12.4. The van der Waals surface area contributed by atoms with Crippen LogP contribution < -0.4 is 0 Å². The van der Waals surface area contributed by atoms with E-state index in [9.17, 15) is 14.4 Å². The van der Waals surface area contributed by atoms with E-state index in [2.05, 4.69) is 6.58 Å². The minimum Gasteiger partial charge on any atom is -0.467 e. The molecular formula is C18H21NO4. The molecule has 2 rings (SSSR count). The molecule has 1 amide bonds. The Hall–Kier alpha value is -2.43. The van der Waals surface area contributed by atoms with Crippen LogP contribution in [-0.4, -0.2) is 41.8 Å². The first-order valence-corrected chi connectivity index (χ1v) is 7.48. The van der Waals surface area contributed by atoms with Gasteiger partial charge in [-0.15, -0.1) is 0 Å². The van der Waals surface area contributed by atoms with E-state index >= 15 is 0 Å². The zero-order chi connectivity index (χ0) is 17.1. The van der Waals surface area contributed by atoms with Crippen molar-refractivity contribution >= 4 is 17.7 Å². The molecule has 5 heteroatoms. The molecule has 3 atom stereocenters. The zero-order valence-electron chi connectivity index (χ0n) is 13.6. The fourth-order valence-corrected chi connectivity index (χ4v) is 3.05. The average molecular weight is 315 g/mol. The Labute approximate surface area is 135 Å². The van der Waals surface area contributed by atoms with Gasteiger partial charge in [-0.25, -0.2) is 4.79 Å². The number of methoxy groups -OCH3 is 1. The predicted molar refractivity (Wildman–Crippen MR) is 85.6 cm³/mol. The minimum absolute atomic E-state index is 0.206. The zero-order valence-corrected chi connectivity index (χ0v) is 13.6.